The van der Waals surface area contributed by atoms with Crippen LogP contribution < -0.4 is 4.74 Å². The zero-order chi connectivity index (χ0) is 27.7. The van der Waals surface area contributed by atoms with Gasteiger partial charge in [0.2, 0.25) is 0 Å². The number of hydrogen-bond acceptors (Lipinski definition) is 5. The van der Waals surface area contributed by atoms with Crippen molar-refractivity contribution in [2.45, 2.75) is 37.5 Å². The molecule has 2 aromatic heterocycles. The smallest absolute Gasteiger partial charge is 0.340 e. The van der Waals surface area contributed by atoms with E-state index in [0.29, 0.717) is 11.8 Å². The highest BCUT2D eigenvalue weighted by Crippen LogP contribution is 2.37. The fourth-order valence-corrected chi connectivity index (χ4v) is 4.29. The highest BCUT2D eigenvalue weighted by Gasteiger charge is 2.42. The molecule has 1 N–H and O–H groups in total. The number of ether oxygens (including phenoxy) is 1. The first-order valence-corrected chi connectivity index (χ1v) is 11.5. The van der Waals surface area contributed by atoms with E-state index >= 15 is 0 Å². The molecule has 0 aliphatic heterocycles. The van der Waals surface area contributed by atoms with Gasteiger partial charge in [0.1, 0.15) is 35.6 Å². The fraction of sp³-hybridized carbons (Fsp3) is 0.292. The standard InChI is InChI=1S/C24H21F6N5O2S/c1-15(23(36,11-33-14-31-13-32-33)19-7-2-16(25)10-20(19)26)34-8-9-35(22(34)38)17-3-5-18(6-4-17)37-12-24(29,30)21(27)28/h2-10,13-15,21,36H,11-12H2,1H3/t15-,23-/m0/s1. The molecule has 0 aliphatic rings. The summed E-state index contributed by atoms with van der Waals surface area (Å²) in [4.78, 5) is 3.84. The molecular weight excluding hydrogens is 536 g/mol. The van der Waals surface area contributed by atoms with Crippen LogP contribution in [0, 0.1) is 16.4 Å². The van der Waals surface area contributed by atoms with Crippen LogP contribution in [0.1, 0.15) is 18.5 Å². The molecule has 14 heteroatoms. The van der Waals surface area contributed by atoms with Crippen molar-refractivity contribution < 1.29 is 36.2 Å². The summed E-state index contributed by atoms with van der Waals surface area (Å²) in [5, 5.41) is 15.8. The zero-order valence-corrected chi connectivity index (χ0v) is 20.5. The average Bonchev–Trinajstić information content (AvgIpc) is 3.52. The van der Waals surface area contributed by atoms with Gasteiger partial charge in [-0.15, -0.1) is 0 Å². The third kappa shape index (κ3) is 5.45. The summed E-state index contributed by atoms with van der Waals surface area (Å²) < 4.78 is 88.7. The Balaban J connectivity index is 1.64. The number of hydrogen-bond donors (Lipinski definition) is 1. The zero-order valence-electron chi connectivity index (χ0n) is 19.7. The van der Waals surface area contributed by atoms with Gasteiger partial charge in [-0.2, -0.15) is 13.9 Å². The molecular formula is C24H21F6N5O2S. The van der Waals surface area contributed by atoms with Crippen LogP contribution in [-0.4, -0.2) is 48.0 Å². The van der Waals surface area contributed by atoms with Gasteiger partial charge in [-0.1, -0.05) is 6.07 Å². The van der Waals surface area contributed by atoms with E-state index in [-0.39, 0.29) is 22.6 Å². The number of rotatable bonds is 10. The Bertz CT molecular complexity index is 1440. The Morgan fingerprint density at radius 2 is 1.79 bits per heavy atom. The van der Waals surface area contributed by atoms with Gasteiger partial charge in [0.15, 0.2) is 11.4 Å². The molecule has 7 nitrogen and oxygen atoms in total. The molecule has 2 heterocycles. The molecule has 4 aromatic rings. The molecule has 0 saturated heterocycles. The molecule has 0 amide bonds. The van der Waals surface area contributed by atoms with E-state index in [2.05, 4.69) is 10.1 Å². The molecule has 0 bridgehead atoms. The topological polar surface area (TPSA) is 70.0 Å². The van der Waals surface area contributed by atoms with Gasteiger partial charge in [0.25, 0.3) is 0 Å². The molecule has 0 spiro atoms. The van der Waals surface area contributed by atoms with Crippen molar-refractivity contribution in [1.29, 1.82) is 0 Å². The van der Waals surface area contributed by atoms with E-state index in [1.807, 2.05) is 0 Å². The maximum Gasteiger partial charge on any atom is 0.340 e. The van der Waals surface area contributed by atoms with Crippen molar-refractivity contribution in [3.05, 3.63) is 89.5 Å². The summed E-state index contributed by atoms with van der Waals surface area (Å²) in [5.41, 5.74) is -1.66. The van der Waals surface area contributed by atoms with Gasteiger partial charge < -0.3 is 14.4 Å². The predicted molar refractivity (Wildman–Crippen MR) is 126 cm³/mol. The Morgan fingerprint density at radius 1 is 1.08 bits per heavy atom. The van der Waals surface area contributed by atoms with Crippen LogP contribution in [0.3, 0.4) is 0 Å². The largest absolute Gasteiger partial charge is 0.487 e. The van der Waals surface area contributed by atoms with E-state index in [1.165, 1.54) is 50.7 Å². The second kappa shape index (κ2) is 10.6. The van der Waals surface area contributed by atoms with Crippen LogP contribution >= 0.6 is 12.2 Å². The first kappa shape index (κ1) is 27.4. The predicted octanol–water partition coefficient (Wildman–Crippen LogP) is 5.31. The molecule has 0 fully saturated rings. The first-order chi connectivity index (χ1) is 17.9. The molecule has 0 unspecified atom stereocenters. The van der Waals surface area contributed by atoms with E-state index < -0.39 is 42.2 Å². The second-order valence-corrected chi connectivity index (χ2v) is 8.88. The highest BCUT2D eigenvalue weighted by molar-refractivity contribution is 7.71. The molecule has 38 heavy (non-hydrogen) atoms. The average molecular weight is 558 g/mol. The number of alkyl halides is 4. The summed E-state index contributed by atoms with van der Waals surface area (Å²) in [6.07, 6.45) is 1.85. The fourth-order valence-electron chi connectivity index (χ4n) is 3.90. The summed E-state index contributed by atoms with van der Waals surface area (Å²) in [6.45, 7) is -0.124. The number of imidazole rings is 1. The molecule has 2 aromatic carbocycles. The van der Waals surface area contributed by atoms with Crippen LogP contribution in [0.15, 0.2) is 67.5 Å². The number of aliphatic hydroxyl groups is 1. The van der Waals surface area contributed by atoms with Crippen molar-refractivity contribution in [3.8, 4) is 11.4 Å². The minimum absolute atomic E-state index is 0.0533. The number of aromatic nitrogens is 5. The first-order valence-electron chi connectivity index (χ1n) is 11.1. The molecule has 0 aliphatic carbocycles. The van der Waals surface area contributed by atoms with Gasteiger partial charge in [-0.05, 0) is 49.5 Å². The van der Waals surface area contributed by atoms with Gasteiger partial charge in [0, 0.05) is 29.7 Å². The quantitative estimate of drug-likeness (QED) is 0.212. The maximum absolute atomic E-state index is 14.9. The van der Waals surface area contributed by atoms with Gasteiger partial charge in [0.05, 0.1) is 12.6 Å². The lowest BCUT2D eigenvalue weighted by atomic mass is 9.86. The molecule has 202 valence electrons. The van der Waals surface area contributed by atoms with E-state index in [1.54, 1.807) is 19.3 Å². The summed E-state index contributed by atoms with van der Waals surface area (Å²) in [6, 6.07) is 7.52. The van der Waals surface area contributed by atoms with Crippen LogP contribution in [0.4, 0.5) is 26.3 Å². The highest BCUT2D eigenvalue weighted by atomic mass is 32.1. The molecule has 4 rings (SSSR count). The molecule has 2 atom stereocenters. The van der Waals surface area contributed by atoms with Gasteiger partial charge in [-0.25, -0.2) is 27.2 Å². The van der Waals surface area contributed by atoms with Gasteiger partial charge in [-0.3, -0.25) is 4.57 Å². The molecule has 0 saturated carbocycles. The number of benzene rings is 2. The lowest BCUT2D eigenvalue weighted by molar-refractivity contribution is -0.148. The van der Waals surface area contributed by atoms with Crippen molar-refractivity contribution >= 4 is 12.2 Å². The van der Waals surface area contributed by atoms with Gasteiger partial charge >= 0.3 is 12.3 Å². The number of nitrogens with zero attached hydrogens (tertiary/aromatic N) is 5. The van der Waals surface area contributed by atoms with Crippen LogP contribution in [0.25, 0.3) is 5.69 Å². The second-order valence-electron chi connectivity index (χ2n) is 8.52. The lowest BCUT2D eigenvalue weighted by Crippen LogP contribution is -2.40. The van der Waals surface area contributed by atoms with Crippen molar-refractivity contribution in [2.24, 2.45) is 0 Å². The monoisotopic (exact) mass is 557 g/mol. The van der Waals surface area contributed by atoms with E-state index in [0.717, 1.165) is 12.1 Å². The van der Waals surface area contributed by atoms with Crippen LogP contribution in [0.2, 0.25) is 0 Å². The summed E-state index contributed by atoms with van der Waals surface area (Å²) >= 11 is 5.58. The minimum atomic E-state index is -4.29. The maximum atomic E-state index is 14.9. The Labute approximate surface area is 217 Å². The Kier molecular flexibility index (Phi) is 7.65. The third-order valence-corrected chi connectivity index (χ3v) is 6.45. The van der Waals surface area contributed by atoms with Crippen molar-refractivity contribution in [2.75, 3.05) is 6.61 Å². The summed E-state index contributed by atoms with van der Waals surface area (Å²) in [7, 11) is 0. The lowest BCUT2D eigenvalue weighted by Gasteiger charge is -2.35. The normalized spacial score (nSPS) is 14.4. The van der Waals surface area contributed by atoms with Crippen LogP contribution in [0.5, 0.6) is 5.75 Å². The van der Waals surface area contributed by atoms with E-state index in [4.69, 9.17) is 17.0 Å². The summed E-state index contributed by atoms with van der Waals surface area (Å²) in [5.74, 6) is -6.11. The van der Waals surface area contributed by atoms with E-state index in [9.17, 15) is 31.4 Å². The number of halogens is 6. The SMILES string of the molecule is C[C@H](n1ccn(-c2ccc(OCC(F)(F)C(F)F)cc2)c1=S)[C@@](O)(Cn1cncn1)c1ccc(F)cc1F. The third-order valence-electron chi connectivity index (χ3n) is 6.04. The van der Waals surface area contributed by atoms with Crippen LogP contribution in [-0.2, 0) is 12.1 Å². The Hall–Kier alpha value is -3.65. The van der Waals surface area contributed by atoms with Crippen molar-refractivity contribution in [3.63, 3.8) is 0 Å². The minimum Gasteiger partial charge on any atom is -0.487 e. The Morgan fingerprint density at radius 3 is 2.39 bits per heavy atom. The molecule has 0 radical (unpaired) electrons. The van der Waals surface area contributed by atoms with Crippen molar-refractivity contribution in [1.82, 2.24) is 23.9 Å².